The molecule has 1 unspecified atom stereocenters. The highest BCUT2D eigenvalue weighted by Gasteiger charge is 2.42. The summed E-state index contributed by atoms with van der Waals surface area (Å²) in [5.74, 6) is -2.24. The van der Waals surface area contributed by atoms with Crippen molar-refractivity contribution in [2.24, 2.45) is 0 Å². The van der Waals surface area contributed by atoms with Crippen molar-refractivity contribution >= 4 is 5.97 Å². The summed E-state index contributed by atoms with van der Waals surface area (Å²) >= 11 is 0. The first kappa shape index (κ1) is 11.4. The van der Waals surface area contributed by atoms with Gasteiger partial charge >= 0.3 is 12.1 Å². The zero-order valence-electron chi connectivity index (χ0n) is 7.65. The Labute approximate surface area is 83.1 Å². The fourth-order valence-corrected chi connectivity index (χ4v) is 0.808. The molecule has 4 nitrogen and oxygen atoms in total. The van der Waals surface area contributed by atoms with Crippen molar-refractivity contribution in [3.63, 3.8) is 0 Å². The summed E-state index contributed by atoms with van der Waals surface area (Å²) in [6, 6.07) is 0. The summed E-state index contributed by atoms with van der Waals surface area (Å²) < 4.78 is 39.6. The van der Waals surface area contributed by atoms with Gasteiger partial charge in [0, 0.05) is 12.4 Å². The number of ether oxygens (including phenoxy) is 1. The van der Waals surface area contributed by atoms with E-state index in [0.29, 0.717) is 0 Å². The summed E-state index contributed by atoms with van der Waals surface area (Å²) in [6.07, 6.45) is -2.17. The van der Waals surface area contributed by atoms with Crippen LogP contribution in [-0.4, -0.2) is 22.1 Å². The zero-order chi connectivity index (χ0) is 11.5. The SMILES string of the molecule is CC(OC(=O)C(F)(F)F)c1cnccn1. The van der Waals surface area contributed by atoms with Crippen LogP contribution in [0.2, 0.25) is 0 Å². The van der Waals surface area contributed by atoms with Gasteiger partial charge in [-0.2, -0.15) is 13.2 Å². The number of hydrogen-bond donors (Lipinski definition) is 0. The highest BCUT2D eigenvalue weighted by Crippen LogP contribution is 2.21. The third-order valence-corrected chi connectivity index (χ3v) is 1.51. The first-order valence-electron chi connectivity index (χ1n) is 3.95. The average Bonchev–Trinajstić information content (AvgIpc) is 2.17. The summed E-state index contributed by atoms with van der Waals surface area (Å²) in [7, 11) is 0. The molecule has 15 heavy (non-hydrogen) atoms. The molecule has 0 aromatic carbocycles. The fraction of sp³-hybridized carbons (Fsp3) is 0.375. The van der Waals surface area contributed by atoms with Gasteiger partial charge in [-0.3, -0.25) is 9.97 Å². The minimum atomic E-state index is -4.99. The number of aromatic nitrogens is 2. The van der Waals surface area contributed by atoms with Gasteiger partial charge in [0.05, 0.1) is 11.9 Å². The van der Waals surface area contributed by atoms with Crippen LogP contribution in [0.3, 0.4) is 0 Å². The van der Waals surface area contributed by atoms with Gasteiger partial charge in [0.15, 0.2) is 0 Å². The van der Waals surface area contributed by atoms with Gasteiger partial charge in [0.25, 0.3) is 0 Å². The molecule has 0 aliphatic heterocycles. The standard InChI is InChI=1S/C8H7F3N2O2/c1-5(6-4-12-2-3-13-6)15-7(14)8(9,10)11/h2-5H,1H3. The molecular weight excluding hydrogens is 213 g/mol. The molecule has 1 aromatic rings. The number of hydrogen-bond acceptors (Lipinski definition) is 4. The Morgan fingerprint density at radius 1 is 1.47 bits per heavy atom. The van der Waals surface area contributed by atoms with E-state index in [1.807, 2.05) is 0 Å². The van der Waals surface area contributed by atoms with E-state index in [4.69, 9.17) is 0 Å². The average molecular weight is 220 g/mol. The summed E-state index contributed by atoms with van der Waals surface area (Å²) in [5.41, 5.74) is 0.162. The number of halogens is 3. The molecule has 0 radical (unpaired) electrons. The molecule has 1 aromatic heterocycles. The normalized spacial score (nSPS) is 13.3. The Kier molecular flexibility index (Phi) is 3.23. The molecule has 82 valence electrons. The Morgan fingerprint density at radius 3 is 2.60 bits per heavy atom. The lowest BCUT2D eigenvalue weighted by Gasteiger charge is -2.13. The van der Waals surface area contributed by atoms with E-state index in [2.05, 4.69) is 14.7 Å². The zero-order valence-corrected chi connectivity index (χ0v) is 7.65. The van der Waals surface area contributed by atoms with E-state index in [9.17, 15) is 18.0 Å². The lowest BCUT2D eigenvalue weighted by Crippen LogP contribution is -2.26. The van der Waals surface area contributed by atoms with Gasteiger partial charge in [-0.25, -0.2) is 4.79 Å². The van der Waals surface area contributed by atoms with Crippen LogP contribution in [0.25, 0.3) is 0 Å². The van der Waals surface area contributed by atoms with Crippen LogP contribution in [0, 0.1) is 0 Å². The molecule has 0 amide bonds. The molecule has 1 rings (SSSR count). The minimum Gasteiger partial charge on any atom is -0.449 e. The molecule has 1 atom stereocenters. The molecule has 0 N–H and O–H groups in total. The Morgan fingerprint density at radius 2 is 2.13 bits per heavy atom. The van der Waals surface area contributed by atoms with E-state index >= 15 is 0 Å². The molecule has 0 bridgehead atoms. The van der Waals surface area contributed by atoms with Crippen molar-refractivity contribution < 1.29 is 22.7 Å². The minimum absolute atomic E-state index is 0.162. The van der Waals surface area contributed by atoms with E-state index < -0.39 is 18.2 Å². The Hall–Kier alpha value is -1.66. The van der Waals surface area contributed by atoms with Crippen LogP contribution in [0.5, 0.6) is 0 Å². The van der Waals surface area contributed by atoms with Gasteiger partial charge in [-0.15, -0.1) is 0 Å². The van der Waals surface area contributed by atoms with E-state index in [-0.39, 0.29) is 5.69 Å². The maximum absolute atomic E-state index is 11.8. The Balaban J connectivity index is 2.65. The second kappa shape index (κ2) is 4.24. The topological polar surface area (TPSA) is 52.1 Å². The first-order valence-corrected chi connectivity index (χ1v) is 3.95. The van der Waals surface area contributed by atoms with Crippen LogP contribution < -0.4 is 0 Å². The van der Waals surface area contributed by atoms with Gasteiger partial charge in [0.2, 0.25) is 0 Å². The van der Waals surface area contributed by atoms with Gasteiger partial charge in [-0.05, 0) is 6.92 Å². The summed E-state index contributed by atoms with van der Waals surface area (Å²) in [4.78, 5) is 17.8. The molecule has 7 heteroatoms. The smallest absolute Gasteiger partial charge is 0.449 e. The molecule has 0 fully saturated rings. The summed E-state index contributed by atoms with van der Waals surface area (Å²) in [5, 5.41) is 0. The number of alkyl halides is 3. The van der Waals surface area contributed by atoms with Crippen LogP contribution in [0.4, 0.5) is 13.2 Å². The number of carbonyl (C=O) groups is 1. The highest BCUT2D eigenvalue weighted by atomic mass is 19.4. The second-order valence-corrected chi connectivity index (χ2v) is 2.68. The maximum Gasteiger partial charge on any atom is 0.490 e. The maximum atomic E-state index is 11.8. The highest BCUT2D eigenvalue weighted by molar-refractivity contribution is 5.75. The number of nitrogens with zero attached hydrogens (tertiary/aromatic N) is 2. The molecule has 0 saturated heterocycles. The Bertz CT molecular complexity index is 339. The number of esters is 1. The fourth-order valence-electron chi connectivity index (χ4n) is 0.808. The third kappa shape index (κ3) is 3.19. The van der Waals surface area contributed by atoms with E-state index in [1.54, 1.807) is 0 Å². The lowest BCUT2D eigenvalue weighted by atomic mass is 10.3. The van der Waals surface area contributed by atoms with Crippen molar-refractivity contribution in [2.75, 3.05) is 0 Å². The number of rotatable bonds is 2. The molecule has 1 heterocycles. The van der Waals surface area contributed by atoms with Crippen LogP contribution in [0.15, 0.2) is 18.6 Å². The predicted molar refractivity (Wildman–Crippen MR) is 42.6 cm³/mol. The molecular formula is C8H7F3N2O2. The van der Waals surface area contributed by atoms with E-state index in [1.165, 1.54) is 25.5 Å². The van der Waals surface area contributed by atoms with Crippen molar-refractivity contribution in [3.8, 4) is 0 Å². The van der Waals surface area contributed by atoms with Gasteiger partial charge in [0.1, 0.15) is 6.10 Å². The van der Waals surface area contributed by atoms with E-state index in [0.717, 1.165) is 0 Å². The molecule has 0 aliphatic carbocycles. The summed E-state index contributed by atoms with van der Waals surface area (Å²) in [6.45, 7) is 1.29. The molecule has 0 aliphatic rings. The van der Waals surface area contributed by atoms with Gasteiger partial charge in [-0.1, -0.05) is 0 Å². The van der Waals surface area contributed by atoms with Crippen molar-refractivity contribution in [1.29, 1.82) is 0 Å². The molecule has 0 spiro atoms. The second-order valence-electron chi connectivity index (χ2n) is 2.68. The third-order valence-electron chi connectivity index (χ3n) is 1.51. The first-order chi connectivity index (χ1) is 6.91. The predicted octanol–water partition coefficient (Wildman–Crippen LogP) is 1.64. The van der Waals surface area contributed by atoms with Crippen molar-refractivity contribution in [3.05, 3.63) is 24.3 Å². The lowest BCUT2D eigenvalue weighted by molar-refractivity contribution is -0.204. The van der Waals surface area contributed by atoms with Crippen molar-refractivity contribution in [2.45, 2.75) is 19.2 Å². The largest absolute Gasteiger partial charge is 0.490 e. The van der Waals surface area contributed by atoms with Crippen LogP contribution in [0.1, 0.15) is 18.7 Å². The quantitative estimate of drug-likeness (QED) is 0.711. The van der Waals surface area contributed by atoms with Crippen molar-refractivity contribution in [1.82, 2.24) is 9.97 Å². The molecule has 0 saturated carbocycles. The number of carbonyl (C=O) groups excluding carboxylic acids is 1. The monoisotopic (exact) mass is 220 g/mol. The van der Waals surface area contributed by atoms with Gasteiger partial charge < -0.3 is 4.74 Å². The van der Waals surface area contributed by atoms with Crippen LogP contribution in [-0.2, 0) is 9.53 Å². The van der Waals surface area contributed by atoms with Crippen LogP contribution >= 0.6 is 0 Å².